The van der Waals surface area contributed by atoms with Crippen LogP contribution >= 0.6 is 11.3 Å². The van der Waals surface area contributed by atoms with E-state index in [0.717, 1.165) is 12.8 Å². The van der Waals surface area contributed by atoms with Crippen molar-refractivity contribution in [2.75, 3.05) is 19.7 Å². The molecule has 1 aliphatic rings. The molecule has 0 saturated carbocycles. The van der Waals surface area contributed by atoms with E-state index in [9.17, 15) is 22.8 Å². The van der Waals surface area contributed by atoms with Crippen LogP contribution in [0.5, 0.6) is 0 Å². The van der Waals surface area contributed by atoms with Gasteiger partial charge in [-0.2, -0.15) is 13.2 Å². The Labute approximate surface area is 141 Å². The monoisotopic (exact) mass is 364 g/mol. The molecule has 2 rings (SSSR count). The van der Waals surface area contributed by atoms with Crippen molar-refractivity contribution in [3.05, 3.63) is 21.9 Å². The highest BCUT2D eigenvalue weighted by Gasteiger charge is 2.31. The number of ether oxygens (including phenoxy) is 1. The third-order valence-corrected chi connectivity index (χ3v) is 4.77. The summed E-state index contributed by atoms with van der Waals surface area (Å²) in [5.41, 5.74) is 1.17. The molecule has 0 aliphatic carbocycles. The van der Waals surface area contributed by atoms with Gasteiger partial charge in [-0.15, -0.1) is 11.3 Å². The second-order valence-electron chi connectivity index (χ2n) is 5.43. The molecular formula is C15H19F3N2O3S. The standard InChI is InChI=1S/C15H19F3N2O3S/c1-2-11-10-5-8-24-12(10)4-7-20(11)13(21)3-6-19-14(22)23-9-15(16,17)18/h5,8,11H,2-4,6-7,9H2,1H3,(H,19,22)/t11-/m1/s1. The van der Waals surface area contributed by atoms with Gasteiger partial charge in [0.25, 0.3) is 0 Å². The number of carbonyl (C=O) groups excluding carboxylic acids is 2. The first-order valence-electron chi connectivity index (χ1n) is 7.65. The average Bonchev–Trinajstić information content (AvgIpc) is 2.99. The third kappa shape index (κ3) is 4.86. The number of rotatable bonds is 5. The number of amides is 2. The van der Waals surface area contributed by atoms with E-state index in [1.165, 1.54) is 10.4 Å². The summed E-state index contributed by atoms with van der Waals surface area (Å²) >= 11 is 1.68. The van der Waals surface area contributed by atoms with Crippen LogP contribution in [0.25, 0.3) is 0 Å². The number of halogens is 3. The molecule has 1 atom stereocenters. The SMILES string of the molecule is CC[C@@H]1c2ccsc2CCN1C(=O)CCNC(=O)OCC(F)(F)F. The summed E-state index contributed by atoms with van der Waals surface area (Å²) < 4.78 is 39.8. The van der Waals surface area contributed by atoms with Crippen molar-refractivity contribution in [2.45, 2.75) is 38.4 Å². The summed E-state index contributed by atoms with van der Waals surface area (Å²) in [6.45, 7) is 0.921. The summed E-state index contributed by atoms with van der Waals surface area (Å²) in [6.07, 6.45) is -4.12. The van der Waals surface area contributed by atoms with E-state index in [-0.39, 0.29) is 24.9 Å². The minimum absolute atomic E-state index is 0.0182. The van der Waals surface area contributed by atoms with E-state index in [0.29, 0.717) is 6.54 Å². The number of alkyl carbamates (subject to hydrolysis) is 1. The minimum atomic E-state index is -4.56. The first-order chi connectivity index (χ1) is 11.3. The molecule has 1 aromatic rings. The lowest BCUT2D eigenvalue weighted by atomic mass is 9.97. The van der Waals surface area contributed by atoms with Gasteiger partial charge in [-0.05, 0) is 29.9 Å². The van der Waals surface area contributed by atoms with Gasteiger partial charge in [-0.3, -0.25) is 4.79 Å². The second-order valence-corrected chi connectivity index (χ2v) is 6.43. The summed E-state index contributed by atoms with van der Waals surface area (Å²) in [5.74, 6) is -0.130. The van der Waals surface area contributed by atoms with Gasteiger partial charge in [0, 0.05) is 24.4 Å². The van der Waals surface area contributed by atoms with Gasteiger partial charge in [-0.1, -0.05) is 6.92 Å². The Morgan fingerprint density at radius 1 is 1.46 bits per heavy atom. The van der Waals surface area contributed by atoms with Crippen molar-refractivity contribution >= 4 is 23.3 Å². The highest BCUT2D eigenvalue weighted by molar-refractivity contribution is 7.10. The Balaban J connectivity index is 1.80. The van der Waals surface area contributed by atoms with Gasteiger partial charge in [0.05, 0.1) is 6.04 Å². The third-order valence-electron chi connectivity index (χ3n) is 3.78. The molecule has 2 amide bonds. The minimum Gasteiger partial charge on any atom is -0.440 e. The lowest BCUT2D eigenvalue weighted by Gasteiger charge is -2.35. The van der Waals surface area contributed by atoms with Crippen LogP contribution in [0.2, 0.25) is 0 Å². The lowest BCUT2D eigenvalue weighted by Crippen LogP contribution is -2.41. The molecular weight excluding hydrogens is 345 g/mol. The number of fused-ring (bicyclic) bond motifs is 1. The maximum absolute atomic E-state index is 12.4. The smallest absolute Gasteiger partial charge is 0.422 e. The zero-order valence-corrected chi connectivity index (χ0v) is 14.0. The van der Waals surface area contributed by atoms with Gasteiger partial charge in [0.2, 0.25) is 5.91 Å². The topological polar surface area (TPSA) is 58.6 Å². The maximum Gasteiger partial charge on any atom is 0.422 e. The summed E-state index contributed by atoms with van der Waals surface area (Å²) in [7, 11) is 0. The average molecular weight is 364 g/mol. The molecule has 0 aromatic carbocycles. The van der Waals surface area contributed by atoms with Crippen LogP contribution in [-0.2, 0) is 16.0 Å². The number of alkyl halides is 3. The van der Waals surface area contributed by atoms with Crippen molar-refractivity contribution in [1.82, 2.24) is 10.2 Å². The predicted molar refractivity (Wildman–Crippen MR) is 82.8 cm³/mol. The highest BCUT2D eigenvalue weighted by Crippen LogP contribution is 2.35. The normalized spacial score (nSPS) is 17.3. The molecule has 0 unspecified atom stereocenters. The Bertz CT molecular complexity index is 589. The first kappa shape index (κ1) is 18.6. The zero-order chi connectivity index (χ0) is 17.7. The van der Waals surface area contributed by atoms with Gasteiger partial charge >= 0.3 is 12.3 Å². The highest BCUT2D eigenvalue weighted by atomic mass is 32.1. The fourth-order valence-corrected chi connectivity index (χ4v) is 3.68. The van der Waals surface area contributed by atoms with E-state index in [2.05, 4.69) is 10.1 Å². The van der Waals surface area contributed by atoms with E-state index in [1.54, 1.807) is 16.2 Å². The molecule has 24 heavy (non-hydrogen) atoms. The fraction of sp³-hybridized carbons (Fsp3) is 0.600. The van der Waals surface area contributed by atoms with Crippen molar-refractivity contribution in [1.29, 1.82) is 0 Å². The van der Waals surface area contributed by atoms with E-state index < -0.39 is 18.9 Å². The molecule has 5 nitrogen and oxygen atoms in total. The second kappa shape index (κ2) is 7.87. The van der Waals surface area contributed by atoms with E-state index in [1.807, 2.05) is 18.4 Å². The van der Waals surface area contributed by atoms with Gasteiger partial charge in [0.1, 0.15) is 0 Å². The molecule has 0 saturated heterocycles. The number of hydrogen-bond acceptors (Lipinski definition) is 4. The fourth-order valence-electron chi connectivity index (χ4n) is 2.75. The lowest BCUT2D eigenvalue weighted by molar-refractivity contribution is -0.160. The Hall–Kier alpha value is -1.77. The van der Waals surface area contributed by atoms with Crippen LogP contribution < -0.4 is 5.32 Å². The van der Waals surface area contributed by atoms with E-state index >= 15 is 0 Å². The van der Waals surface area contributed by atoms with Crippen molar-refractivity contribution in [3.8, 4) is 0 Å². The molecule has 0 spiro atoms. The molecule has 1 aliphatic heterocycles. The van der Waals surface area contributed by atoms with Crippen LogP contribution in [0.3, 0.4) is 0 Å². The molecule has 1 aromatic heterocycles. The van der Waals surface area contributed by atoms with Crippen LogP contribution in [0.15, 0.2) is 11.4 Å². The molecule has 9 heteroatoms. The molecule has 0 bridgehead atoms. The Morgan fingerprint density at radius 3 is 2.88 bits per heavy atom. The molecule has 0 fully saturated rings. The molecule has 0 radical (unpaired) electrons. The van der Waals surface area contributed by atoms with E-state index in [4.69, 9.17) is 0 Å². The summed E-state index contributed by atoms with van der Waals surface area (Å²) in [5, 5.41) is 4.18. The van der Waals surface area contributed by atoms with Crippen LogP contribution in [0.4, 0.5) is 18.0 Å². The zero-order valence-electron chi connectivity index (χ0n) is 13.2. The predicted octanol–water partition coefficient (Wildman–Crippen LogP) is 3.26. The number of nitrogens with zero attached hydrogens (tertiary/aromatic N) is 1. The molecule has 2 heterocycles. The first-order valence-corrected chi connectivity index (χ1v) is 8.53. The molecule has 1 N–H and O–H groups in total. The van der Waals surface area contributed by atoms with Crippen molar-refractivity contribution < 1.29 is 27.5 Å². The number of hydrogen-bond donors (Lipinski definition) is 1. The number of nitrogens with one attached hydrogen (secondary N) is 1. The van der Waals surface area contributed by atoms with Gasteiger partial charge < -0.3 is 15.0 Å². The largest absolute Gasteiger partial charge is 0.440 e. The van der Waals surface area contributed by atoms with Crippen LogP contribution in [0.1, 0.15) is 36.2 Å². The van der Waals surface area contributed by atoms with Crippen molar-refractivity contribution in [2.24, 2.45) is 0 Å². The maximum atomic E-state index is 12.4. The van der Waals surface area contributed by atoms with Crippen molar-refractivity contribution in [3.63, 3.8) is 0 Å². The Kier molecular flexibility index (Phi) is 6.09. The quantitative estimate of drug-likeness (QED) is 0.872. The molecule has 134 valence electrons. The number of thiophene rings is 1. The summed E-state index contributed by atoms with van der Waals surface area (Å²) in [6, 6.07) is 2.05. The van der Waals surface area contributed by atoms with Crippen LogP contribution in [0, 0.1) is 0 Å². The van der Waals surface area contributed by atoms with Crippen LogP contribution in [-0.4, -0.2) is 42.8 Å². The van der Waals surface area contributed by atoms with Gasteiger partial charge in [0.15, 0.2) is 6.61 Å². The van der Waals surface area contributed by atoms with Gasteiger partial charge in [-0.25, -0.2) is 4.79 Å². The number of carbonyl (C=O) groups is 2. The summed E-state index contributed by atoms with van der Waals surface area (Å²) in [4.78, 5) is 26.6. The Morgan fingerprint density at radius 2 is 2.21 bits per heavy atom.